The zero-order valence-electron chi connectivity index (χ0n) is 17.7. The number of amides is 1. The van der Waals surface area contributed by atoms with Crippen LogP contribution in [0.1, 0.15) is 15.9 Å². The summed E-state index contributed by atoms with van der Waals surface area (Å²) in [5.41, 5.74) is 3.08. The number of hydrazone groups is 1. The van der Waals surface area contributed by atoms with E-state index >= 15 is 0 Å². The Morgan fingerprint density at radius 2 is 1.80 bits per heavy atom. The topological polar surface area (TPSA) is 169 Å². The molecular formula is C22H15N7O5S. The highest BCUT2D eigenvalue weighted by Gasteiger charge is 2.18. The first-order valence-electron chi connectivity index (χ1n) is 9.92. The van der Waals surface area contributed by atoms with Gasteiger partial charge in [0, 0.05) is 34.9 Å². The van der Waals surface area contributed by atoms with Crippen LogP contribution in [0.3, 0.4) is 0 Å². The second-order valence-electron chi connectivity index (χ2n) is 6.93. The fourth-order valence-corrected chi connectivity index (χ4v) is 3.75. The van der Waals surface area contributed by atoms with Crippen molar-refractivity contribution in [1.82, 2.24) is 20.6 Å². The van der Waals surface area contributed by atoms with Crippen LogP contribution < -0.4 is 5.43 Å². The predicted molar refractivity (Wildman–Crippen MR) is 127 cm³/mol. The lowest BCUT2D eigenvalue weighted by molar-refractivity contribution is -0.387. The van der Waals surface area contributed by atoms with Crippen LogP contribution in [-0.4, -0.2) is 37.1 Å². The SMILES string of the molecule is O=C(N/N=C\c1ccc(Sc2n[nH]c(-c3ccccc3)n2)c([N+](=O)[O-])c1)c1cccc([N+](=O)[O-])c1. The van der Waals surface area contributed by atoms with Crippen LogP contribution in [0, 0.1) is 20.2 Å². The molecule has 13 heteroatoms. The normalized spacial score (nSPS) is 10.9. The van der Waals surface area contributed by atoms with Gasteiger partial charge in [-0.05, 0) is 23.9 Å². The quantitative estimate of drug-likeness (QED) is 0.211. The minimum atomic E-state index is -0.662. The summed E-state index contributed by atoms with van der Waals surface area (Å²) in [6, 6.07) is 18.9. The number of nitrogens with zero attached hydrogens (tertiary/aromatic N) is 5. The number of H-pyrrole nitrogens is 1. The molecule has 0 unspecified atom stereocenters. The monoisotopic (exact) mass is 489 g/mol. The van der Waals surface area contributed by atoms with E-state index in [9.17, 15) is 25.0 Å². The lowest BCUT2D eigenvalue weighted by Gasteiger charge is -2.02. The molecular weight excluding hydrogens is 474 g/mol. The molecule has 0 atom stereocenters. The summed E-state index contributed by atoms with van der Waals surface area (Å²) in [6.45, 7) is 0. The smallest absolute Gasteiger partial charge is 0.267 e. The zero-order valence-corrected chi connectivity index (χ0v) is 18.5. The number of aromatic nitrogens is 3. The van der Waals surface area contributed by atoms with Crippen molar-refractivity contribution in [1.29, 1.82) is 0 Å². The maximum absolute atomic E-state index is 12.2. The standard InChI is InChI=1S/C22H15N7O5S/c30-21(16-7-4-8-17(12-16)28(31)32)26-23-13-14-9-10-19(18(11-14)29(33)34)35-22-24-20(25-27-22)15-5-2-1-3-6-15/h1-13H,(H,26,30)(H,24,25,27)/b23-13-. The second-order valence-corrected chi connectivity index (χ2v) is 7.93. The van der Waals surface area contributed by atoms with Crippen molar-refractivity contribution in [2.75, 3.05) is 0 Å². The molecule has 0 aliphatic carbocycles. The summed E-state index contributed by atoms with van der Waals surface area (Å²) in [7, 11) is 0. The Labute approximate surface area is 201 Å². The molecule has 4 rings (SSSR count). The lowest BCUT2D eigenvalue weighted by atomic mass is 10.2. The fourth-order valence-electron chi connectivity index (χ4n) is 2.95. The average Bonchev–Trinajstić information content (AvgIpc) is 3.34. The highest BCUT2D eigenvalue weighted by Crippen LogP contribution is 2.34. The van der Waals surface area contributed by atoms with Gasteiger partial charge in [0.15, 0.2) is 5.82 Å². The summed E-state index contributed by atoms with van der Waals surface area (Å²) in [5, 5.41) is 33.5. The van der Waals surface area contributed by atoms with Gasteiger partial charge in [-0.1, -0.05) is 42.5 Å². The highest BCUT2D eigenvalue weighted by molar-refractivity contribution is 7.99. The number of hydrogen-bond donors (Lipinski definition) is 2. The molecule has 2 N–H and O–H groups in total. The van der Waals surface area contributed by atoms with Crippen LogP contribution in [0.2, 0.25) is 0 Å². The molecule has 35 heavy (non-hydrogen) atoms. The number of nitro groups is 2. The Morgan fingerprint density at radius 1 is 1.00 bits per heavy atom. The average molecular weight is 489 g/mol. The van der Waals surface area contributed by atoms with E-state index in [1.54, 1.807) is 6.07 Å². The Balaban J connectivity index is 1.47. The molecule has 0 aliphatic rings. The van der Waals surface area contributed by atoms with E-state index in [-0.39, 0.29) is 16.9 Å². The van der Waals surface area contributed by atoms with Gasteiger partial charge in [0.2, 0.25) is 5.16 Å². The van der Waals surface area contributed by atoms with Crippen LogP contribution in [0.15, 0.2) is 87.9 Å². The minimum Gasteiger partial charge on any atom is -0.267 e. The number of carbonyl (C=O) groups excluding carboxylic acids is 1. The molecule has 0 saturated carbocycles. The Hall–Kier alpha value is -4.91. The van der Waals surface area contributed by atoms with Crippen molar-refractivity contribution >= 4 is 35.3 Å². The molecule has 0 saturated heterocycles. The van der Waals surface area contributed by atoms with Gasteiger partial charge in [-0.3, -0.25) is 30.1 Å². The van der Waals surface area contributed by atoms with E-state index in [4.69, 9.17) is 0 Å². The van der Waals surface area contributed by atoms with E-state index in [1.807, 2.05) is 30.3 Å². The first kappa shape index (κ1) is 23.3. The number of rotatable bonds is 8. The summed E-state index contributed by atoms with van der Waals surface area (Å²) in [4.78, 5) is 38.2. The number of nitrogens with one attached hydrogen (secondary N) is 2. The van der Waals surface area contributed by atoms with Crippen molar-refractivity contribution in [3.63, 3.8) is 0 Å². The van der Waals surface area contributed by atoms with Gasteiger partial charge in [0.05, 0.1) is 21.0 Å². The minimum absolute atomic E-state index is 0.0513. The van der Waals surface area contributed by atoms with Crippen molar-refractivity contribution in [2.24, 2.45) is 5.10 Å². The first-order chi connectivity index (χ1) is 16.9. The molecule has 0 bridgehead atoms. The van der Waals surface area contributed by atoms with Crippen molar-refractivity contribution in [3.05, 3.63) is 104 Å². The van der Waals surface area contributed by atoms with Crippen LogP contribution in [0.5, 0.6) is 0 Å². The third-order valence-electron chi connectivity index (χ3n) is 4.59. The molecule has 1 amide bonds. The van der Waals surface area contributed by atoms with Crippen LogP contribution in [-0.2, 0) is 0 Å². The van der Waals surface area contributed by atoms with E-state index in [0.29, 0.717) is 21.4 Å². The Morgan fingerprint density at radius 3 is 2.54 bits per heavy atom. The van der Waals surface area contributed by atoms with Gasteiger partial charge in [0.1, 0.15) is 0 Å². The van der Waals surface area contributed by atoms with Gasteiger partial charge >= 0.3 is 0 Å². The molecule has 12 nitrogen and oxygen atoms in total. The molecule has 0 fully saturated rings. The van der Waals surface area contributed by atoms with Crippen molar-refractivity contribution < 1.29 is 14.6 Å². The number of carbonyl (C=O) groups is 1. The summed E-state index contributed by atoms with van der Waals surface area (Å²) in [6.07, 6.45) is 1.23. The lowest BCUT2D eigenvalue weighted by Crippen LogP contribution is -2.17. The number of non-ortho nitro benzene ring substituents is 1. The summed E-state index contributed by atoms with van der Waals surface area (Å²) >= 11 is 1.03. The second kappa shape index (κ2) is 10.4. The molecule has 1 aromatic heterocycles. The van der Waals surface area contributed by atoms with Crippen molar-refractivity contribution in [3.8, 4) is 11.4 Å². The maximum Gasteiger partial charge on any atom is 0.283 e. The van der Waals surface area contributed by atoms with Gasteiger partial charge in [-0.15, -0.1) is 5.10 Å². The van der Waals surface area contributed by atoms with E-state index in [2.05, 4.69) is 25.7 Å². The van der Waals surface area contributed by atoms with Gasteiger partial charge in [-0.2, -0.15) is 5.10 Å². The number of aromatic amines is 1. The van der Waals surface area contributed by atoms with Crippen LogP contribution >= 0.6 is 11.8 Å². The largest absolute Gasteiger partial charge is 0.283 e. The van der Waals surface area contributed by atoms with Crippen LogP contribution in [0.25, 0.3) is 11.4 Å². The number of hydrogen-bond acceptors (Lipinski definition) is 9. The predicted octanol–water partition coefficient (Wildman–Crippen LogP) is 4.20. The third-order valence-corrected chi connectivity index (χ3v) is 5.52. The molecule has 3 aromatic carbocycles. The Bertz CT molecular complexity index is 1440. The number of nitro benzene ring substituents is 2. The number of benzene rings is 3. The molecule has 1 heterocycles. The third kappa shape index (κ3) is 5.72. The molecule has 4 aromatic rings. The molecule has 0 spiro atoms. The first-order valence-corrected chi connectivity index (χ1v) is 10.7. The van der Waals surface area contributed by atoms with Crippen LogP contribution in [0.4, 0.5) is 11.4 Å². The van der Waals surface area contributed by atoms with Gasteiger partial charge in [-0.25, -0.2) is 10.4 Å². The highest BCUT2D eigenvalue weighted by atomic mass is 32.2. The summed E-state index contributed by atoms with van der Waals surface area (Å²) < 4.78 is 0. The summed E-state index contributed by atoms with van der Waals surface area (Å²) in [5.74, 6) is -0.121. The van der Waals surface area contributed by atoms with Gasteiger partial charge in [0.25, 0.3) is 17.3 Å². The fraction of sp³-hybridized carbons (Fsp3) is 0. The molecule has 0 aliphatic heterocycles. The Kier molecular flexibility index (Phi) is 6.88. The maximum atomic E-state index is 12.2. The molecule has 174 valence electrons. The van der Waals surface area contributed by atoms with E-state index in [0.717, 1.165) is 23.4 Å². The zero-order chi connectivity index (χ0) is 24.8. The van der Waals surface area contributed by atoms with E-state index < -0.39 is 15.8 Å². The van der Waals surface area contributed by atoms with Gasteiger partial charge < -0.3 is 0 Å². The van der Waals surface area contributed by atoms with Crippen molar-refractivity contribution in [2.45, 2.75) is 10.1 Å². The van der Waals surface area contributed by atoms with E-state index in [1.165, 1.54) is 36.5 Å². The molecule has 0 radical (unpaired) electrons.